The average Bonchev–Trinajstić information content (AvgIpc) is 2.69. The van der Waals surface area contributed by atoms with Gasteiger partial charge in [-0.3, -0.25) is 4.79 Å². The number of amides is 1. The summed E-state index contributed by atoms with van der Waals surface area (Å²) in [5.74, 6) is -0.960. The molecule has 0 aliphatic rings. The van der Waals surface area contributed by atoms with Crippen LogP contribution >= 0.6 is 0 Å². The SMILES string of the molecule is CCCCCC[C@@H](O)C/C=C\CCCCCCCC(=O)NCCC[N+](C)(C)CC(=O)[O-]. The Kier molecular flexibility index (Phi) is 18.4. The van der Waals surface area contributed by atoms with Gasteiger partial charge in [0.2, 0.25) is 5.91 Å². The van der Waals surface area contributed by atoms with E-state index in [-0.39, 0.29) is 18.6 Å². The summed E-state index contributed by atoms with van der Waals surface area (Å²) in [7, 11) is 3.71. The molecule has 182 valence electrons. The number of likely N-dealkylation sites (N-methyl/N-ethyl adjacent to an activating group) is 1. The first-order valence-electron chi connectivity index (χ1n) is 12.4. The molecule has 0 heterocycles. The van der Waals surface area contributed by atoms with Gasteiger partial charge in [-0.15, -0.1) is 0 Å². The van der Waals surface area contributed by atoms with Gasteiger partial charge in [0.25, 0.3) is 0 Å². The van der Waals surface area contributed by atoms with Gasteiger partial charge in [-0.05, 0) is 32.1 Å². The van der Waals surface area contributed by atoms with Crippen molar-refractivity contribution in [3.63, 3.8) is 0 Å². The second-order valence-electron chi connectivity index (χ2n) is 9.41. The Labute approximate surface area is 190 Å². The van der Waals surface area contributed by atoms with Crippen LogP contribution in [0.15, 0.2) is 12.2 Å². The predicted molar refractivity (Wildman–Crippen MR) is 125 cm³/mol. The summed E-state index contributed by atoms with van der Waals surface area (Å²) in [6, 6.07) is 0. The Bertz CT molecular complexity index is 492. The van der Waals surface area contributed by atoms with Crippen LogP contribution in [0.3, 0.4) is 0 Å². The topological polar surface area (TPSA) is 89.5 Å². The summed E-state index contributed by atoms with van der Waals surface area (Å²) in [4.78, 5) is 22.5. The fourth-order valence-electron chi connectivity index (χ4n) is 3.63. The van der Waals surface area contributed by atoms with Crippen molar-refractivity contribution in [1.29, 1.82) is 0 Å². The van der Waals surface area contributed by atoms with Gasteiger partial charge < -0.3 is 24.8 Å². The molecule has 6 heteroatoms. The summed E-state index contributed by atoms with van der Waals surface area (Å²) in [6.45, 7) is 3.48. The number of aliphatic hydroxyl groups excluding tert-OH is 1. The van der Waals surface area contributed by atoms with Crippen molar-refractivity contribution in [2.45, 2.75) is 103 Å². The maximum absolute atomic E-state index is 11.9. The molecule has 0 fully saturated rings. The van der Waals surface area contributed by atoms with E-state index in [0.717, 1.165) is 57.8 Å². The number of allylic oxidation sites excluding steroid dienone is 1. The normalized spacial score (nSPS) is 12.9. The quantitative estimate of drug-likeness (QED) is 0.163. The first-order valence-corrected chi connectivity index (χ1v) is 12.4. The number of quaternary nitrogens is 1. The van der Waals surface area contributed by atoms with E-state index in [0.29, 0.717) is 24.0 Å². The predicted octanol–water partition coefficient (Wildman–Crippen LogP) is 3.33. The van der Waals surface area contributed by atoms with Crippen LogP contribution in [0, 0.1) is 0 Å². The lowest BCUT2D eigenvalue weighted by Gasteiger charge is -2.30. The van der Waals surface area contributed by atoms with Gasteiger partial charge in [-0.1, -0.05) is 64.0 Å². The molecule has 0 saturated carbocycles. The largest absolute Gasteiger partial charge is 0.544 e. The summed E-state index contributed by atoms with van der Waals surface area (Å²) in [5, 5.41) is 23.5. The van der Waals surface area contributed by atoms with Gasteiger partial charge >= 0.3 is 0 Å². The van der Waals surface area contributed by atoms with E-state index < -0.39 is 5.97 Å². The average molecular weight is 441 g/mol. The number of unbranched alkanes of at least 4 members (excludes halogenated alkanes) is 8. The number of hydrogen-bond donors (Lipinski definition) is 2. The van der Waals surface area contributed by atoms with E-state index in [1.165, 1.54) is 25.7 Å². The molecular weight excluding hydrogens is 392 g/mol. The van der Waals surface area contributed by atoms with Crippen LogP contribution < -0.4 is 10.4 Å². The summed E-state index contributed by atoms with van der Waals surface area (Å²) >= 11 is 0. The van der Waals surface area contributed by atoms with E-state index in [9.17, 15) is 19.8 Å². The van der Waals surface area contributed by atoms with E-state index >= 15 is 0 Å². The molecule has 0 unspecified atom stereocenters. The summed E-state index contributed by atoms with van der Waals surface area (Å²) < 4.78 is 0.368. The molecule has 0 radical (unpaired) electrons. The van der Waals surface area contributed by atoms with Crippen molar-refractivity contribution in [2.24, 2.45) is 0 Å². The first kappa shape index (κ1) is 29.6. The highest BCUT2D eigenvalue weighted by molar-refractivity contribution is 5.75. The highest BCUT2D eigenvalue weighted by Crippen LogP contribution is 2.10. The molecule has 6 nitrogen and oxygen atoms in total. The number of aliphatic carboxylic acids is 1. The van der Waals surface area contributed by atoms with Crippen LogP contribution in [-0.4, -0.2) is 61.3 Å². The lowest BCUT2D eigenvalue weighted by Crippen LogP contribution is -2.49. The molecule has 31 heavy (non-hydrogen) atoms. The number of nitrogens with zero attached hydrogens (tertiary/aromatic N) is 1. The standard InChI is InChI=1S/C25H48N2O4/c1-4-5-6-13-17-23(28)18-14-11-9-7-8-10-12-15-19-24(29)26-20-16-21-27(2,3)22-25(30)31/h11,14,23,28H,4-10,12-13,15-22H2,1-3H3,(H-,26,29,30,31)/b14-11-/t23-/m1/s1. The molecule has 0 aliphatic carbocycles. The van der Waals surface area contributed by atoms with Crippen molar-refractivity contribution >= 4 is 11.9 Å². The van der Waals surface area contributed by atoms with Gasteiger partial charge in [-0.2, -0.15) is 0 Å². The van der Waals surface area contributed by atoms with Crippen molar-refractivity contribution in [3.8, 4) is 0 Å². The molecule has 0 spiro atoms. The van der Waals surface area contributed by atoms with E-state index in [1.54, 1.807) is 0 Å². The zero-order valence-corrected chi connectivity index (χ0v) is 20.4. The Morgan fingerprint density at radius 2 is 1.65 bits per heavy atom. The van der Waals surface area contributed by atoms with Crippen LogP contribution in [0.2, 0.25) is 0 Å². The third kappa shape index (κ3) is 21.6. The maximum Gasteiger partial charge on any atom is 0.219 e. The summed E-state index contributed by atoms with van der Waals surface area (Å²) in [6.07, 6.45) is 18.5. The highest BCUT2D eigenvalue weighted by atomic mass is 16.4. The molecule has 2 N–H and O–H groups in total. The highest BCUT2D eigenvalue weighted by Gasteiger charge is 2.14. The van der Waals surface area contributed by atoms with Crippen LogP contribution in [0.25, 0.3) is 0 Å². The molecule has 0 bridgehead atoms. The smallest absolute Gasteiger partial charge is 0.219 e. The molecule has 1 amide bonds. The van der Waals surface area contributed by atoms with E-state index in [1.807, 2.05) is 14.1 Å². The fourth-order valence-corrected chi connectivity index (χ4v) is 3.63. The first-order chi connectivity index (χ1) is 14.8. The zero-order valence-electron chi connectivity index (χ0n) is 20.4. The number of carboxylic acid groups (broad SMARTS) is 1. The Morgan fingerprint density at radius 1 is 0.968 bits per heavy atom. The molecule has 0 aliphatic heterocycles. The van der Waals surface area contributed by atoms with Crippen LogP contribution in [-0.2, 0) is 9.59 Å². The Hall–Kier alpha value is -1.40. The van der Waals surface area contributed by atoms with Gasteiger partial charge in [0.15, 0.2) is 0 Å². The van der Waals surface area contributed by atoms with Crippen LogP contribution in [0.4, 0.5) is 0 Å². The molecule has 0 aromatic rings. The number of carbonyl (C=O) groups excluding carboxylic acids is 2. The molecule has 0 rings (SSSR count). The Morgan fingerprint density at radius 3 is 2.35 bits per heavy atom. The van der Waals surface area contributed by atoms with Crippen molar-refractivity contribution in [1.82, 2.24) is 5.32 Å². The molecule has 0 saturated heterocycles. The van der Waals surface area contributed by atoms with Gasteiger partial charge in [0.1, 0.15) is 6.54 Å². The Balaban J connectivity index is 3.48. The minimum Gasteiger partial charge on any atom is -0.544 e. The number of carboxylic acids is 1. The third-order valence-electron chi connectivity index (χ3n) is 5.56. The minimum atomic E-state index is -1.04. The summed E-state index contributed by atoms with van der Waals surface area (Å²) in [5.41, 5.74) is 0. The van der Waals surface area contributed by atoms with Gasteiger partial charge in [0.05, 0.1) is 32.7 Å². The van der Waals surface area contributed by atoms with Crippen molar-refractivity contribution < 1.29 is 24.3 Å². The van der Waals surface area contributed by atoms with Crippen molar-refractivity contribution in [2.75, 3.05) is 33.7 Å². The second kappa shape index (κ2) is 19.3. The molecule has 0 aromatic heterocycles. The lowest BCUT2D eigenvalue weighted by molar-refractivity contribution is -0.884. The van der Waals surface area contributed by atoms with Gasteiger partial charge in [-0.25, -0.2) is 0 Å². The monoisotopic (exact) mass is 440 g/mol. The lowest BCUT2D eigenvalue weighted by atomic mass is 10.1. The third-order valence-corrected chi connectivity index (χ3v) is 5.56. The zero-order chi connectivity index (χ0) is 23.4. The number of aliphatic hydroxyl groups is 1. The number of carbonyl (C=O) groups is 2. The van der Waals surface area contributed by atoms with Crippen molar-refractivity contribution in [3.05, 3.63) is 12.2 Å². The number of nitrogens with one attached hydrogen (secondary N) is 1. The van der Waals surface area contributed by atoms with Crippen LogP contribution in [0.5, 0.6) is 0 Å². The molecule has 0 aromatic carbocycles. The van der Waals surface area contributed by atoms with Crippen LogP contribution in [0.1, 0.15) is 96.8 Å². The van der Waals surface area contributed by atoms with Gasteiger partial charge in [0, 0.05) is 19.4 Å². The minimum absolute atomic E-state index is 0.00911. The van der Waals surface area contributed by atoms with E-state index in [4.69, 9.17) is 0 Å². The second-order valence-corrected chi connectivity index (χ2v) is 9.41. The molecular formula is C25H48N2O4. The fraction of sp³-hybridized carbons (Fsp3) is 0.840. The number of hydrogen-bond acceptors (Lipinski definition) is 4. The number of rotatable bonds is 21. The molecule has 1 atom stereocenters. The maximum atomic E-state index is 11.9. The van der Waals surface area contributed by atoms with E-state index in [2.05, 4.69) is 24.4 Å².